The first-order valence-electron chi connectivity index (χ1n) is 15.7. The van der Waals surface area contributed by atoms with Crippen LogP contribution in [0.25, 0.3) is 12.2 Å². The van der Waals surface area contributed by atoms with Gasteiger partial charge in [0.15, 0.2) is 0 Å². The standard InChI is InChI=1S/C39H43F3N2/c1-4-5-6-11-31-16-18-32(19-17-31)25-44-23-10-9-13-36(44)28-43(27-35-20-15-29(2)24-38(35)39(40,41)42)26-34-22-21-33-12-7-8-14-37(33)30(34)3/h6-8,10-24,30,34H,4-5,9,25-28H2,1-3H3. The molecule has 0 saturated carbocycles. The summed E-state index contributed by atoms with van der Waals surface area (Å²) in [6, 6.07) is 21.8. The number of halogens is 3. The first kappa shape index (κ1) is 31.6. The molecule has 0 amide bonds. The lowest BCUT2D eigenvalue weighted by molar-refractivity contribution is -0.138. The monoisotopic (exact) mass is 596 g/mol. The van der Waals surface area contributed by atoms with E-state index in [1.165, 1.54) is 28.3 Å². The minimum Gasteiger partial charge on any atom is -0.346 e. The Morgan fingerprint density at radius 3 is 2.57 bits per heavy atom. The highest BCUT2D eigenvalue weighted by Crippen LogP contribution is 2.36. The summed E-state index contributed by atoms with van der Waals surface area (Å²) in [4.78, 5) is 4.45. The van der Waals surface area contributed by atoms with Gasteiger partial charge in [-0.1, -0.05) is 123 Å². The van der Waals surface area contributed by atoms with E-state index in [1.807, 2.05) is 6.07 Å². The van der Waals surface area contributed by atoms with Crippen LogP contribution < -0.4 is 0 Å². The van der Waals surface area contributed by atoms with E-state index in [1.54, 1.807) is 19.1 Å². The Bertz CT molecular complexity index is 1530. The molecule has 3 aromatic carbocycles. The molecule has 2 atom stereocenters. The summed E-state index contributed by atoms with van der Waals surface area (Å²) >= 11 is 0. The van der Waals surface area contributed by atoms with Crippen molar-refractivity contribution in [3.8, 4) is 0 Å². The summed E-state index contributed by atoms with van der Waals surface area (Å²) in [5.74, 6) is 0.450. The van der Waals surface area contributed by atoms with Gasteiger partial charge in [-0.05, 0) is 65.5 Å². The first-order chi connectivity index (χ1) is 21.2. The van der Waals surface area contributed by atoms with E-state index in [0.29, 0.717) is 30.8 Å². The maximum Gasteiger partial charge on any atom is 0.416 e. The van der Waals surface area contributed by atoms with Crippen molar-refractivity contribution in [2.24, 2.45) is 5.92 Å². The minimum atomic E-state index is -4.40. The van der Waals surface area contributed by atoms with Crippen LogP contribution in [0.1, 0.15) is 78.0 Å². The number of hydrogen-bond donors (Lipinski definition) is 0. The van der Waals surface area contributed by atoms with Gasteiger partial charge in [-0.15, -0.1) is 0 Å². The summed E-state index contributed by atoms with van der Waals surface area (Å²) in [7, 11) is 0. The second kappa shape index (κ2) is 14.3. The fraction of sp³-hybridized carbons (Fsp3) is 0.333. The molecular weight excluding hydrogens is 553 g/mol. The van der Waals surface area contributed by atoms with Crippen molar-refractivity contribution in [2.45, 2.75) is 65.2 Å². The number of unbranched alkanes of at least 4 members (excludes halogenated alkanes) is 1. The highest BCUT2D eigenvalue weighted by atomic mass is 19.4. The van der Waals surface area contributed by atoms with Crippen LogP contribution in [0.4, 0.5) is 13.2 Å². The maximum absolute atomic E-state index is 14.2. The van der Waals surface area contributed by atoms with Crippen LogP contribution in [-0.2, 0) is 19.3 Å². The Hall–Kier alpha value is -3.83. The smallest absolute Gasteiger partial charge is 0.346 e. The summed E-state index contributed by atoms with van der Waals surface area (Å²) in [5.41, 5.74) is 6.41. The van der Waals surface area contributed by atoms with Gasteiger partial charge in [0, 0.05) is 38.1 Å². The molecule has 2 unspecified atom stereocenters. The van der Waals surface area contributed by atoms with Gasteiger partial charge in [0.25, 0.3) is 0 Å². The van der Waals surface area contributed by atoms with Crippen molar-refractivity contribution in [1.82, 2.24) is 9.80 Å². The molecule has 5 rings (SSSR count). The summed E-state index contributed by atoms with van der Waals surface area (Å²) in [5, 5.41) is 0. The number of allylic oxidation sites excluding steroid dienone is 3. The Balaban J connectivity index is 1.38. The molecule has 5 heteroatoms. The predicted octanol–water partition coefficient (Wildman–Crippen LogP) is 10.4. The van der Waals surface area contributed by atoms with Crippen molar-refractivity contribution in [1.29, 1.82) is 0 Å². The Labute approximate surface area is 260 Å². The fourth-order valence-corrected chi connectivity index (χ4v) is 6.20. The van der Waals surface area contributed by atoms with Gasteiger partial charge in [-0.2, -0.15) is 13.2 Å². The molecule has 3 aromatic rings. The highest BCUT2D eigenvalue weighted by molar-refractivity contribution is 5.58. The lowest BCUT2D eigenvalue weighted by Gasteiger charge is -2.35. The number of alkyl halides is 3. The van der Waals surface area contributed by atoms with Crippen LogP contribution in [0.3, 0.4) is 0 Å². The second-order valence-corrected chi connectivity index (χ2v) is 12.1. The molecule has 2 nitrogen and oxygen atoms in total. The predicted molar refractivity (Wildman–Crippen MR) is 177 cm³/mol. The Kier molecular flexibility index (Phi) is 10.3. The van der Waals surface area contributed by atoms with Gasteiger partial charge in [0.05, 0.1) is 5.56 Å². The van der Waals surface area contributed by atoms with Gasteiger partial charge in [-0.25, -0.2) is 0 Å². The fourth-order valence-electron chi connectivity index (χ4n) is 6.20. The number of nitrogens with zero attached hydrogens (tertiary/aromatic N) is 2. The average Bonchev–Trinajstić information content (AvgIpc) is 3.01. The zero-order valence-corrected chi connectivity index (χ0v) is 26.0. The molecule has 0 N–H and O–H groups in total. The quantitative estimate of drug-likeness (QED) is 0.217. The van der Waals surface area contributed by atoms with E-state index in [2.05, 4.69) is 109 Å². The van der Waals surface area contributed by atoms with Crippen molar-refractivity contribution in [3.05, 3.63) is 142 Å². The molecule has 1 aliphatic carbocycles. The third-order valence-electron chi connectivity index (χ3n) is 8.71. The molecule has 44 heavy (non-hydrogen) atoms. The Morgan fingerprint density at radius 2 is 1.80 bits per heavy atom. The van der Waals surface area contributed by atoms with E-state index >= 15 is 0 Å². The number of fused-ring (bicyclic) bond motifs is 1. The minimum absolute atomic E-state index is 0.186. The normalized spacial score (nSPS) is 18.2. The Morgan fingerprint density at radius 1 is 1.00 bits per heavy atom. The van der Waals surface area contributed by atoms with E-state index in [9.17, 15) is 13.2 Å². The molecule has 1 heterocycles. The van der Waals surface area contributed by atoms with Crippen molar-refractivity contribution in [3.63, 3.8) is 0 Å². The lowest BCUT2D eigenvalue weighted by atomic mass is 9.80. The van der Waals surface area contributed by atoms with E-state index in [4.69, 9.17) is 0 Å². The van der Waals surface area contributed by atoms with Gasteiger partial charge < -0.3 is 4.90 Å². The van der Waals surface area contributed by atoms with Crippen LogP contribution in [-0.4, -0.2) is 22.9 Å². The van der Waals surface area contributed by atoms with Crippen LogP contribution in [0, 0.1) is 12.8 Å². The molecule has 0 bridgehead atoms. The third kappa shape index (κ3) is 8.00. The molecule has 2 aliphatic rings. The zero-order chi connectivity index (χ0) is 31.1. The SMILES string of the molecule is CCCC=Cc1ccc(CN2C=CCC=C2CN(Cc2ccc(C)cc2C(F)(F)F)CC2C=Cc3ccccc3C2C)cc1. The number of benzene rings is 3. The van der Waals surface area contributed by atoms with Crippen LogP contribution in [0.2, 0.25) is 0 Å². The second-order valence-electron chi connectivity index (χ2n) is 12.1. The highest BCUT2D eigenvalue weighted by Gasteiger charge is 2.34. The molecule has 0 saturated heterocycles. The lowest BCUT2D eigenvalue weighted by Crippen LogP contribution is -2.36. The molecule has 0 radical (unpaired) electrons. The molecule has 0 aromatic heterocycles. The van der Waals surface area contributed by atoms with E-state index < -0.39 is 11.7 Å². The number of rotatable bonds is 11. The summed E-state index contributed by atoms with van der Waals surface area (Å²) in [6.45, 7) is 8.27. The van der Waals surface area contributed by atoms with Crippen LogP contribution in [0.15, 0.2) is 103 Å². The molecular formula is C39H43F3N2. The molecule has 0 spiro atoms. The van der Waals surface area contributed by atoms with Gasteiger partial charge >= 0.3 is 6.18 Å². The van der Waals surface area contributed by atoms with Crippen molar-refractivity contribution in [2.75, 3.05) is 13.1 Å². The van der Waals surface area contributed by atoms with E-state index in [0.717, 1.165) is 25.0 Å². The molecule has 0 fully saturated rings. The largest absolute Gasteiger partial charge is 0.416 e. The molecule has 230 valence electrons. The third-order valence-corrected chi connectivity index (χ3v) is 8.71. The van der Waals surface area contributed by atoms with Crippen molar-refractivity contribution < 1.29 is 13.2 Å². The number of hydrogen-bond acceptors (Lipinski definition) is 2. The van der Waals surface area contributed by atoms with Crippen LogP contribution >= 0.6 is 0 Å². The first-order valence-corrected chi connectivity index (χ1v) is 15.7. The van der Waals surface area contributed by atoms with E-state index in [-0.39, 0.29) is 18.4 Å². The average molecular weight is 597 g/mol. The van der Waals surface area contributed by atoms with Gasteiger partial charge in [-0.3, -0.25) is 4.90 Å². The van der Waals surface area contributed by atoms with Gasteiger partial charge in [0.1, 0.15) is 0 Å². The summed E-state index contributed by atoms with van der Waals surface area (Å²) < 4.78 is 42.5. The maximum atomic E-state index is 14.2. The van der Waals surface area contributed by atoms with Crippen LogP contribution in [0.5, 0.6) is 0 Å². The zero-order valence-electron chi connectivity index (χ0n) is 26.0. The van der Waals surface area contributed by atoms with Gasteiger partial charge in [0.2, 0.25) is 0 Å². The number of aryl methyl sites for hydroxylation is 1. The molecule has 1 aliphatic heterocycles. The van der Waals surface area contributed by atoms with Crippen molar-refractivity contribution >= 4 is 12.2 Å². The summed E-state index contributed by atoms with van der Waals surface area (Å²) in [6.07, 6.45) is 13.9. The topological polar surface area (TPSA) is 6.48 Å².